The van der Waals surface area contributed by atoms with E-state index < -0.39 is 0 Å². The monoisotopic (exact) mass is 649 g/mol. The summed E-state index contributed by atoms with van der Waals surface area (Å²) in [5, 5.41) is 21.8. The van der Waals surface area contributed by atoms with Crippen molar-refractivity contribution < 1.29 is 0 Å². The molecule has 50 heavy (non-hydrogen) atoms. The zero-order valence-electron chi connectivity index (χ0n) is 26.5. The number of thiophene rings is 1. The van der Waals surface area contributed by atoms with Crippen LogP contribution in [0.25, 0.3) is 107 Å². The van der Waals surface area contributed by atoms with Gasteiger partial charge in [0, 0.05) is 41.7 Å². The van der Waals surface area contributed by atoms with Gasteiger partial charge in [0.15, 0.2) is 5.69 Å². The van der Waals surface area contributed by atoms with Crippen LogP contribution in [0, 0.1) is 17.9 Å². The molecule has 0 unspecified atom stereocenters. The van der Waals surface area contributed by atoms with Gasteiger partial charge in [-0.3, -0.25) is 0 Å². The van der Waals surface area contributed by atoms with Crippen molar-refractivity contribution in [3.63, 3.8) is 0 Å². The molecule has 11 rings (SSSR count). The minimum absolute atomic E-state index is 0.654. The zero-order chi connectivity index (χ0) is 33.1. The smallest absolute Gasteiger partial charge is 0.187 e. The SMILES string of the molecule is [C-]#[N+]c1ccc(-c2ccc3cc4c(cc3c2)c2cc3c5ccccc5sc3c3c5cc6cc(-c7ccc(C#N)cc7)ccc6cc5n4c23)cc1. The molecule has 0 aliphatic rings. The lowest BCUT2D eigenvalue weighted by molar-refractivity contribution is 1.38. The molecule has 0 saturated heterocycles. The summed E-state index contributed by atoms with van der Waals surface area (Å²) in [7, 11) is 0. The first-order chi connectivity index (χ1) is 24.6. The van der Waals surface area contributed by atoms with Crippen LogP contribution in [0.3, 0.4) is 0 Å². The fourth-order valence-electron chi connectivity index (χ4n) is 8.09. The van der Waals surface area contributed by atoms with Gasteiger partial charge in [0.1, 0.15) is 0 Å². The van der Waals surface area contributed by atoms with Crippen LogP contribution < -0.4 is 0 Å². The Kier molecular flexibility index (Phi) is 5.40. The van der Waals surface area contributed by atoms with Crippen LogP contribution in [-0.2, 0) is 0 Å². The summed E-state index contributed by atoms with van der Waals surface area (Å²) >= 11 is 1.89. The van der Waals surface area contributed by atoms with E-state index in [1.54, 1.807) is 0 Å². The Bertz CT molecular complexity index is 3310. The Labute approximate surface area is 290 Å². The van der Waals surface area contributed by atoms with Crippen molar-refractivity contribution in [1.82, 2.24) is 4.40 Å². The lowest BCUT2D eigenvalue weighted by atomic mass is 9.97. The third-order valence-corrected chi connectivity index (χ3v) is 11.7. The molecule has 228 valence electrons. The molecule has 3 nitrogen and oxygen atoms in total. The van der Waals surface area contributed by atoms with Crippen molar-refractivity contribution in [2.45, 2.75) is 0 Å². The van der Waals surface area contributed by atoms with E-state index in [0.717, 1.165) is 22.3 Å². The molecule has 0 N–H and O–H groups in total. The lowest BCUT2D eigenvalue weighted by Gasteiger charge is -2.08. The third kappa shape index (κ3) is 3.71. The number of aromatic nitrogens is 1. The van der Waals surface area contributed by atoms with E-state index >= 15 is 0 Å². The highest BCUT2D eigenvalue weighted by Crippen LogP contribution is 2.49. The fourth-order valence-corrected chi connectivity index (χ4v) is 9.33. The van der Waals surface area contributed by atoms with Gasteiger partial charge in [-0.15, -0.1) is 11.3 Å². The average molecular weight is 650 g/mol. The molecule has 8 aromatic carbocycles. The number of fused-ring (bicyclic) bond motifs is 12. The molecule has 0 spiro atoms. The van der Waals surface area contributed by atoms with Crippen LogP contribution in [0.15, 0.2) is 140 Å². The molecule has 0 fully saturated rings. The number of hydrogen-bond donors (Lipinski definition) is 0. The van der Waals surface area contributed by atoms with Crippen LogP contribution in [0.5, 0.6) is 0 Å². The third-order valence-electron chi connectivity index (χ3n) is 10.5. The van der Waals surface area contributed by atoms with Gasteiger partial charge in [0.25, 0.3) is 0 Å². The maximum atomic E-state index is 9.30. The van der Waals surface area contributed by atoms with Gasteiger partial charge in [-0.1, -0.05) is 78.9 Å². The van der Waals surface area contributed by atoms with E-state index in [4.69, 9.17) is 6.57 Å². The number of nitrogens with zero attached hydrogens (tertiary/aromatic N) is 3. The first kappa shape index (κ1) is 27.3. The van der Waals surface area contributed by atoms with Crippen LogP contribution in [-0.4, -0.2) is 4.40 Å². The average Bonchev–Trinajstić information content (AvgIpc) is 3.81. The van der Waals surface area contributed by atoms with E-state index in [0.29, 0.717) is 11.3 Å². The fraction of sp³-hybridized carbons (Fsp3) is 0. The van der Waals surface area contributed by atoms with Gasteiger partial charge in [0.2, 0.25) is 0 Å². The van der Waals surface area contributed by atoms with Crippen molar-refractivity contribution in [2.24, 2.45) is 0 Å². The molecule has 3 aromatic heterocycles. The molecule has 0 amide bonds. The normalized spacial score (nSPS) is 12.0. The molecule has 4 heteroatoms. The van der Waals surface area contributed by atoms with E-state index in [1.807, 2.05) is 59.9 Å². The summed E-state index contributed by atoms with van der Waals surface area (Å²) in [5.41, 5.74) is 9.55. The van der Waals surface area contributed by atoms with E-state index in [1.165, 1.54) is 79.8 Å². The molecule has 0 bridgehead atoms. The van der Waals surface area contributed by atoms with Crippen LogP contribution in [0.1, 0.15) is 5.56 Å². The molecule has 0 saturated carbocycles. The number of rotatable bonds is 2. The minimum atomic E-state index is 0.654. The summed E-state index contributed by atoms with van der Waals surface area (Å²) in [6, 6.07) is 52.0. The molecule has 0 radical (unpaired) electrons. The van der Waals surface area contributed by atoms with Gasteiger partial charge in [-0.05, 0) is 104 Å². The quantitative estimate of drug-likeness (QED) is 0.172. The molecule has 11 aromatic rings. The van der Waals surface area contributed by atoms with Gasteiger partial charge < -0.3 is 4.40 Å². The van der Waals surface area contributed by atoms with E-state index in [2.05, 4.69) is 106 Å². The van der Waals surface area contributed by atoms with Gasteiger partial charge in [0.05, 0.1) is 34.8 Å². The Balaban J connectivity index is 1.23. The maximum absolute atomic E-state index is 9.30. The summed E-state index contributed by atoms with van der Waals surface area (Å²) < 4.78 is 5.14. The number of benzene rings is 8. The molecule has 3 heterocycles. The Morgan fingerprint density at radius 1 is 0.540 bits per heavy atom. The first-order valence-corrected chi connectivity index (χ1v) is 17.4. The molecular weight excluding hydrogens is 627 g/mol. The second kappa shape index (κ2) is 9.91. The molecular formula is C46H23N3S. The van der Waals surface area contributed by atoms with Gasteiger partial charge in [-0.25, -0.2) is 4.85 Å². The lowest BCUT2D eigenvalue weighted by Crippen LogP contribution is -1.84. The second-order valence-corrected chi connectivity index (χ2v) is 14.2. The van der Waals surface area contributed by atoms with Crippen molar-refractivity contribution in [3.05, 3.63) is 157 Å². The van der Waals surface area contributed by atoms with Crippen LogP contribution >= 0.6 is 11.3 Å². The highest BCUT2D eigenvalue weighted by atomic mass is 32.1. The van der Waals surface area contributed by atoms with E-state index in [-0.39, 0.29) is 0 Å². The minimum Gasteiger partial charge on any atom is -0.308 e. The highest BCUT2D eigenvalue weighted by Gasteiger charge is 2.23. The standard InChI is InChI=1S/C46H23N3S/c1-48-35-16-14-28(15-17-35)30-11-12-31-22-41-37(20-33(31)18-30)38-24-39-36-4-2-3-5-43(36)50-46(39)44-40-21-34-19-29(27-8-6-26(25-47)7-9-27)10-13-32(34)23-42(40)49(41)45(38)44/h2-24H. The summed E-state index contributed by atoms with van der Waals surface area (Å²) in [6.45, 7) is 7.33. The summed E-state index contributed by atoms with van der Waals surface area (Å²) in [4.78, 5) is 3.56. The largest absolute Gasteiger partial charge is 0.308 e. The van der Waals surface area contributed by atoms with Crippen LogP contribution in [0.4, 0.5) is 5.69 Å². The van der Waals surface area contributed by atoms with Crippen molar-refractivity contribution in [3.8, 4) is 28.3 Å². The van der Waals surface area contributed by atoms with Gasteiger partial charge >= 0.3 is 0 Å². The first-order valence-electron chi connectivity index (χ1n) is 16.6. The Morgan fingerprint density at radius 2 is 1.16 bits per heavy atom. The summed E-state index contributed by atoms with van der Waals surface area (Å²) in [5.74, 6) is 0. The predicted molar refractivity (Wildman–Crippen MR) is 211 cm³/mol. The molecule has 0 aliphatic carbocycles. The van der Waals surface area contributed by atoms with Gasteiger partial charge in [-0.2, -0.15) is 5.26 Å². The number of hydrogen-bond acceptors (Lipinski definition) is 2. The van der Waals surface area contributed by atoms with Crippen LogP contribution in [0.2, 0.25) is 0 Å². The van der Waals surface area contributed by atoms with Crippen molar-refractivity contribution in [1.29, 1.82) is 5.26 Å². The topological polar surface area (TPSA) is 32.6 Å². The maximum Gasteiger partial charge on any atom is 0.187 e. The zero-order valence-corrected chi connectivity index (χ0v) is 27.3. The molecule has 0 atom stereocenters. The Morgan fingerprint density at radius 3 is 1.84 bits per heavy atom. The second-order valence-electron chi connectivity index (χ2n) is 13.2. The van der Waals surface area contributed by atoms with E-state index in [9.17, 15) is 5.26 Å². The Hall–Kier alpha value is -6.72. The van der Waals surface area contributed by atoms with Crippen molar-refractivity contribution in [2.75, 3.05) is 0 Å². The predicted octanol–water partition coefficient (Wildman–Crippen LogP) is 13.3. The molecule has 0 aliphatic heterocycles. The van der Waals surface area contributed by atoms with Crippen molar-refractivity contribution >= 4 is 96.8 Å². The summed E-state index contributed by atoms with van der Waals surface area (Å²) in [6.07, 6.45) is 0. The highest BCUT2D eigenvalue weighted by molar-refractivity contribution is 7.26. The number of nitriles is 1.